The third kappa shape index (κ3) is 4.64. The van der Waals surface area contributed by atoms with E-state index in [4.69, 9.17) is 9.78 Å². The minimum absolute atomic E-state index is 0.161. The summed E-state index contributed by atoms with van der Waals surface area (Å²) in [6.07, 6.45) is 8.49. The monoisotopic (exact) mass is 396 g/mol. The zero-order valence-corrected chi connectivity index (χ0v) is 17.2. The molecule has 0 saturated carbocycles. The number of aliphatic hydroxyl groups excluding tert-OH is 1. The molecule has 3 atom stereocenters. The number of nitrogens with one attached hydrogen (secondary N) is 1. The highest BCUT2D eigenvalue weighted by Crippen LogP contribution is 2.33. The molecule has 0 amide bonds. The van der Waals surface area contributed by atoms with Crippen LogP contribution in [0.2, 0.25) is 0 Å². The number of nitrogens with zero attached hydrogens (tertiary/aromatic N) is 1. The van der Waals surface area contributed by atoms with E-state index in [2.05, 4.69) is 47.5 Å². The Labute approximate surface area is 173 Å². The minimum atomic E-state index is -0.315. The van der Waals surface area contributed by atoms with Crippen LogP contribution in [-0.4, -0.2) is 54.9 Å². The lowest BCUT2D eigenvalue weighted by molar-refractivity contribution is -0.260. The lowest BCUT2D eigenvalue weighted by atomic mass is 9.88. The number of piperazine rings is 1. The first-order valence-electron chi connectivity index (χ1n) is 10.8. The number of rotatable bonds is 7. The smallest absolute Gasteiger partial charge is 0.169 e. The molecule has 2 N–H and O–H groups in total. The summed E-state index contributed by atoms with van der Waals surface area (Å²) in [7, 11) is 0. The summed E-state index contributed by atoms with van der Waals surface area (Å²) in [4.78, 5) is 13.4. The third-order valence-corrected chi connectivity index (χ3v) is 6.35. The molecule has 5 heteroatoms. The first kappa shape index (κ1) is 20.4. The van der Waals surface area contributed by atoms with Crippen molar-refractivity contribution in [3.63, 3.8) is 0 Å². The molecule has 1 aromatic carbocycles. The fourth-order valence-corrected chi connectivity index (χ4v) is 4.68. The van der Waals surface area contributed by atoms with Gasteiger partial charge in [-0.2, -0.15) is 4.89 Å². The Kier molecular flexibility index (Phi) is 6.82. The van der Waals surface area contributed by atoms with Crippen molar-refractivity contribution in [1.29, 1.82) is 0 Å². The maximum atomic E-state index is 10.7. The molecule has 3 unspecified atom stereocenters. The van der Waals surface area contributed by atoms with E-state index in [0.717, 1.165) is 51.2 Å². The van der Waals surface area contributed by atoms with Gasteiger partial charge < -0.3 is 15.3 Å². The maximum Gasteiger partial charge on any atom is 0.169 e. The predicted octanol–water partition coefficient (Wildman–Crippen LogP) is 3.31. The van der Waals surface area contributed by atoms with Crippen molar-refractivity contribution < 1.29 is 14.9 Å². The Hall–Kier alpha value is -1.92. The highest BCUT2D eigenvalue weighted by atomic mass is 17.2. The van der Waals surface area contributed by atoms with Crippen molar-refractivity contribution in [3.05, 3.63) is 71.0 Å². The van der Waals surface area contributed by atoms with Gasteiger partial charge in [0.25, 0.3) is 0 Å². The van der Waals surface area contributed by atoms with Gasteiger partial charge in [-0.15, -0.1) is 0 Å². The molecule has 1 aliphatic carbocycles. The van der Waals surface area contributed by atoms with Crippen LogP contribution in [0.25, 0.3) is 0 Å². The average Bonchev–Trinajstić information content (AvgIpc) is 2.79. The fraction of sp³-hybridized carbons (Fsp3) is 0.500. The Morgan fingerprint density at radius 3 is 2.97 bits per heavy atom. The van der Waals surface area contributed by atoms with Crippen molar-refractivity contribution in [2.24, 2.45) is 0 Å². The summed E-state index contributed by atoms with van der Waals surface area (Å²) in [6.45, 7) is 6.45. The van der Waals surface area contributed by atoms with Gasteiger partial charge in [-0.25, -0.2) is 0 Å². The minimum Gasteiger partial charge on any atom is -0.393 e. The second kappa shape index (κ2) is 9.72. The highest BCUT2D eigenvalue weighted by Gasteiger charge is 2.32. The molecule has 2 aliphatic heterocycles. The Morgan fingerprint density at radius 1 is 1.28 bits per heavy atom. The van der Waals surface area contributed by atoms with Crippen LogP contribution in [0, 0.1) is 0 Å². The summed E-state index contributed by atoms with van der Waals surface area (Å²) >= 11 is 0. The van der Waals surface area contributed by atoms with Crippen LogP contribution in [0.1, 0.15) is 37.7 Å². The van der Waals surface area contributed by atoms with Crippen molar-refractivity contribution >= 4 is 0 Å². The summed E-state index contributed by atoms with van der Waals surface area (Å²) in [6, 6.07) is 10.7. The number of aliphatic hydroxyl groups is 1. The molecule has 0 aromatic heterocycles. The first-order valence-corrected chi connectivity index (χ1v) is 10.8. The van der Waals surface area contributed by atoms with E-state index in [-0.39, 0.29) is 12.0 Å². The molecule has 0 radical (unpaired) electrons. The van der Waals surface area contributed by atoms with Gasteiger partial charge in [-0.1, -0.05) is 49.4 Å². The van der Waals surface area contributed by atoms with Crippen molar-refractivity contribution in [2.45, 2.75) is 44.2 Å². The SMILES string of the molecule is CCC(O)C(CCN1CCNCC1C1=C2CC=CC=C2OOC1)c1ccccc1. The standard InChI is InChI=1S/C24H32N2O3/c1-2-23(27)19(18-8-4-3-5-9-18)12-14-26-15-13-25-16-22(26)21-17-28-29-24-11-7-6-10-20(21)24/h3-9,11,19,22-23,25,27H,2,10,12-17H2,1H3. The largest absolute Gasteiger partial charge is 0.393 e. The zero-order valence-electron chi connectivity index (χ0n) is 17.2. The van der Waals surface area contributed by atoms with Gasteiger partial charge in [0.05, 0.1) is 6.10 Å². The predicted molar refractivity (Wildman–Crippen MR) is 114 cm³/mol. The van der Waals surface area contributed by atoms with Gasteiger partial charge in [0.2, 0.25) is 0 Å². The van der Waals surface area contributed by atoms with Gasteiger partial charge in [-0.05, 0) is 43.0 Å². The topological polar surface area (TPSA) is 54.0 Å². The Bertz CT molecular complexity index is 772. The van der Waals surface area contributed by atoms with Crippen LogP contribution in [0.5, 0.6) is 0 Å². The lowest BCUT2D eigenvalue weighted by Gasteiger charge is -2.40. The Balaban J connectivity index is 1.51. The quantitative estimate of drug-likeness (QED) is 0.693. The molecule has 1 fully saturated rings. The lowest BCUT2D eigenvalue weighted by Crippen LogP contribution is -2.53. The third-order valence-electron chi connectivity index (χ3n) is 6.35. The molecule has 0 bridgehead atoms. The van der Waals surface area contributed by atoms with Crippen LogP contribution in [0.4, 0.5) is 0 Å². The van der Waals surface area contributed by atoms with Gasteiger partial charge in [0.15, 0.2) is 5.76 Å². The van der Waals surface area contributed by atoms with Crippen LogP contribution in [0.3, 0.4) is 0 Å². The second-order valence-electron chi connectivity index (χ2n) is 8.05. The van der Waals surface area contributed by atoms with Gasteiger partial charge >= 0.3 is 0 Å². The molecule has 1 saturated heterocycles. The maximum absolute atomic E-state index is 10.7. The zero-order chi connectivity index (χ0) is 20.1. The van der Waals surface area contributed by atoms with Crippen LogP contribution >= 0.6 is 0 Å². The van der Waals surface area contributed by atoms with Gasteiger partial charge in [0, 0.05) is 37.2 Å². The molecule has 156 valence electrons. The van der Waals surface area contributed by atoms with Crippen molar-refractivity contribution in [2.75, 3.05) is 32.8 Å². The van der Waals surface area contributed by atoms with E-state index in [9.17, 15) is 5.11 Å². The van der Waals surface area contributed by atoms with Crippen molar-refractivity contribution in [1.82, 2.24) is 10.2 Å². The number of fused-ring (bicyclic) bond motifs is 1. The average molecular weight is 397 g/mol. The molecular weight excluding hydrogens is 364 g/mol. The molecule has 3 aliphatic rings. The summed E-state index contributed by atoms with van der Waals surface area (Å²) in [5.74, 6) is 1.01. The fourth-order valence-electron chi connectivity index (χ4n) is 4.68. The van der Waals surface area contributed by atoms with E-state index in [1.54, 1.807) is 0 Å². The Morgan fingerprint density at radius 2 is 2.14 bits per heavy atom. The first-order chi connectivity index (χ1) is 14.3. The number of hydrogen-bond donors (Lipinski definition) is 2. The molecule has 5 nitrogen and oxygen atoms in total. The molecule has 4 rings (SSSR count). The molecule has 0 spiro atoms. The van der Waals surface area contributed by atoms with Crippen LogP contribution in [-0.2, 0) is 9.78 Å². The summed E-state index contributed by atoms with van der Waals surface area (Å²) < 4.78 is 0. The molecule has 2 heterocycles. The molecule has 1 aromatic rings. The normalized spacial score (nSPS) is 24.5. The van der Waals surface area contributed by atoms with Gasteiger partial charge in [0.1, 0.15) is 6.61 Å². The van der Waals surface area contributed by atoms with E-state index in [1.807, 2.05) is 18.2 Å². The molecular formula is C24H32N2O3. The van der Waals surface area contributed by atoms with Crippen LogP contribution in [0.15, 0.2) is 65.5 Å². The number of hydrogen-bond acceptors (Lipinski definition) is 5. The van der Waals surface area contributed by atoms with Crippen molar-refractivity contribution in [3.8, 4) is 0 Å². The second-order valence-corrected chi connectivity index (χ2v) is 8.05. The van der Waals surface area contributed by atoms with E-state index >= 15 is 0 Å². The molecule has 29 heavy (non-hydrogen) atoms. The summed E-state index contributed by atoms with van der Waals surface area (Å²) in [5, 5.41) is 14.2. The van der Waals surface area contributed by atoms with Crippen LogP contribution < -0.4 is 5.32 Å². The van der Waals surface area contributed by atoms with E-state index in [1.165, 1.54) is 16.7 Å². The highest BCUT2D eigenvalue weighted by molar-refractivity contribution is 5.42. The summed E-state index contributed by atoms with van der Waals surface area (Å²) in [5.41, 5.74) is 3.82. The number of allylic oxidation sites excluding steroid dienone is 4. The van der Waals surface area contributed by atoms with E-state index < -0.39 is 0 Å². The van der Waals surface area contributed by atoms with E-state index in [0.29, 0.717) is 12.6 Å². The van der Waals surface area contributed by atoms with Gasteiger partial charge in [-0.3, -0.25) is 4.90 Å². The number of benzene rings is 1.